The number of esters is 1. The third-order valence-electron chi connectivity index (χ3n) is 4.29. The van der Waals surface area contributed by atoms with Crippen molar-refractivity contribution in [2.45, 2.75) is 25.4 Å². The maximum Gasteiger partial charge on any atom is 0.340 e. The molecule has 1 amide bonds. The second kappa shape index (κ2) is 8.11. The SMILES string of the molecule is COC(=O)c1cc(NC(=O)Cc2c(C)nc3nc(SC)nn3c2C)c(F)cc1F. The van der Waals surface area contributed by atoms with Crippen LogP contribution >= 0.6 is 11.8 Å². The summed E-state index contributed by atoms with van der Waals surface area (Å²) in [6.45, 7) is 3.51. The zero-order valence-corrected chi connectivity index (χ0v) is 16.9. The lowest BCUT2D eigenvalue weighted by molar-refractivity contribution is -0.115. The van der Waals surface area contributed by atoms with Crippen molar-refractivity contribution in [3.8, 4) is 0 Å². The number of hydrogen-bond acceptors (Lipinski definition) is 7. The van der Waals surface area contributed by atoms with Crippen LogP contribution < -0.4 is 5.32 Å². The zero-order chi connectivity index (χ0) is 21.3. The molecule has 0 saturated carbocycles. The summed E-state index contributed by atoms with van der Waals surface area (Å²) in [6.07, 6.45) is 1.71. The van der Waals surface area contributed by atoms with Gasteiger partial charge in [0.25, 0.3) is 5.78 Å². The van der Waals surface area contributed by atoms with Gasteiger partial charge in [-0.2, -0.15) is 4.98 Å². The molecule has 11 heteroatoms. The van der Waals surface area contributed by atoms with Crippen LogP contribution in [-0.4, -0.2) is 44.8 Å². The number of aryl methyl sites for hydroxylation is 2. The van der Waals surface area contributed by atoms with Crippen LogP contribution in [0.1, 0.15) is 27.3 Å². The third-order valence-corrected chi connectivity index (χ3v) is 4.82. The number of ether oxygens (including phenoxy) is 1. The molecule has 8 nitrogen and oxygen atoms in total. The first-order chi connectivity index (χ1) is 13.7. The van der Waals surface area contributed by atoms with Crippen molar-refractivity contribution in [2.75, 3.05) is 18.7 Å². The summed E-state index contributed by atoms with van der Waals surface area (Å²) in [5, 5.41) is 7.21. The lowest BCUT2D eigenvalue weighted by Crippen LogP contribution is -2.19. The summed E-state index contributed by atoms with van der Waals surface area (Å²) >= 11 is 1.37. The van der Waals surface area contributed by atoms with Crippen LogP contribution in [0.25, 0.3) is 5.78 Å². The molecule has 2 heterocycles. The van der Waals surface area contributed by atoms with Gasteiger partial charge in [0.05, 0.1) is 24.8 Å². The molecule has 152 valence electrons. The normalized spacial score (nSPS) is 11.0. The van der Waals surface area contributed by atoms with Crippen molar-refractivity contribution in [1.29, 1.82) is 0 Å². The largest absolute Gasteiger partial charge is 0.465 e. The molecule has 2 aromatic heterocycles. The third kappa shape index (κ3) is 4.04. The Morgan fingerprint density at radius 1 is 1.21 bits per heavy atom. The highest BCUT2D eigenvalue weighted by Crippen LogP contribution is 2.22. The number of hydrogen-bond donors (Lipinski definition) is 1. The monoisotopic (exact) mass is 421 g/mol. The van der Waals surface area contributed by atoms with Gasteiger partial charge >= 0.3 is 5.97 Å². The predicted molar refractivity (Wildman–Crippen MR) is 102 cm³/mol. The minimum atomic E-state index is -1.08. The minimum absolute atomic E-state index is 0.126. The van der Waals surface area contributed by atoms with Crippen LogP contribution in [0.3, 0.4) is 0 Å². The number of rotatable bonds is 5. The number of anilines is 1. The molecule has 0 bridgehead atoms. The smallest absolute Gasteiger partial charge is 0.340 e. The van der Waals surface area contributed by atoms with E-state index in [1.807, 2.05) is 6.26 Å². The quantitative estimate of drug-likeness (QED) is 0.500. The molecule has 0 aliphatic rings. The van der Waals surface area contributed by atoms with Crippen LogP contribution in [0.5, 0.6) is 0 Å². The average Bonchev–Trinajstić information content (AvgIpc) is 3.10. The van der Waals surface area contributed by atoms with Crippen LogP contribution in [0.15, 0.2) is 17.3 Å². The van der Waals surface area contributed by atoms with E-state index < -0.39 is 29.1 Å². The highest BCUT2D eigenvalue weighted by Gasteiger charge is 2.20. The maximum absolute atomic E-state index is 14.1. The molecule has 0 fully saturated rings. The van der Waals surface area contributed by atoms with Gasteiger partial charge in [0, 0.05) is 23.0 Å². The highest BCUT2D eigenvalue weighted by molar-refractivity contribution is 7.98. The lowest BCUT2D eigenvalue weighted by Gasteiger charge is -2.12. The predicted octanol–water partition coefficient (Wildman–Crippen LogP) is 2.71. The lowest BCUT2D eigenvalue weighted by atomic mass is 10.1. The summed E-state index contributed by atoms with van der Waals surface area (Å²) in [5.41, 5.74) is 1.05. The Morgan fingerprint density at radius 2 is 1.93 bits per heavy atom. The van der Waals surface area contributed by atoms with Gasteiger partial charge < -0.3 is 10.1 Å². The molecule has 0 aliphatic heterocycles. The van der Waals surface area contributed by atoms with Crippen molar-refractivity contribution in [2.24, 2.45) is 0 Å². The highest BCUT2D eigenvalue weighted by atomic mass is 32.2. The summed E-state index contributed by atoms with van der Waals surface area (Å²) in [4.78, 5) is 32.7. The van der Waals surface area contributed by atoms with E-state index in [2.05, 4.69) is 25.1 Å². The van der Waals surface area contributed by atoms with Gasteiger partial charge in [-0.05, 0) is 26.2 Å². The number of nitrogens with zero attached hydrogens (tertiary/aromatic N) is 4. The molecule has 29 heavy (non-hydrogen) atoms. The van der Waals surface area contributed by atoms with Crippen LogP contribution in [0.2, 0.25) is 0 Å². The van der Waals surface area contributed by atoms with Crippen LogP contribution in [0.4, 0.5) is 14.5 Å². The molecule has 0 atom stereocenters. The fraction of sp³-hybridized carbons (Fsp3) is 0.278. The summed E-state index contributed by atoms with van der Waals surface area (Å²) in [5.74, 6) is -3.21. The molecule has 0 spiro atoms. The molecule has 3 aromatic rings. The molecule has 3 rings (SSSR count). The topological polar surface area (TPSA) is 98.5 Å². The molecule has 0 saturated heterocycles. The van der Waals surface area contributed by atoms with Gasteiger partial charge in [0.1, 0.15) is 11.6 Å². The first-order valence-corrected chi connectivity index (χ1v) is 9.61. The molecule has 0 unspecified atom stereocenters. The Morgan fingerprint density at radius 3 is 2.59 bits per heavy atom. The van der Waals surface area contributed by atoms with E-state index in [0.717, 1.165) is 13.2 Å². The number of amides is 1. The van der Waals surface area contributed by atoms with Gasteiger partial charge in [0.15, 0.2) is 0 Å². The maximum atomic E-state index is 14.1. The van der Waals surface area contributed by atoms with Crippen molar-refractivity contribution >= 4 is 35.1 Å². The number of thioether (sulfide) groups is 1. The van der Waals surface area contributed by atoms with E-state index in [9.17, 15) is 18.4 Å². The minimum Gasteiger partial charge on any atom is -0.465 e. The Labute approximate surface area is 168 Å². The standard InChI is InChI=1S/C18H17F2N5O3S/c1-8-10(9(2)25-17(21-8)23-18(24-25)29-4)6-15(26)22-14-5-11(16(27)28-3)12(19)7-13(14)20/h5,7H,6H2,1-4H3,(H,22,26). The second-order valence-electron chi connectivity index (χ2n) is 6.10. The van der Waals surface area contributed by atoms with Gasteiger partial charge in [-0.25, -0.2) is 23.1 Å². The zero-order valence-electron chi connectivity index (χ0n) is 16.0. The first-order valence-electron chi connectivity index (χ1n) is 8.39. The van der Waals surface area contributed by atoms with Crippen molar-refractivity contribution in [3.05, 3.63) is 46.3 Å². The summed E-state index contributed by atoms with van der Waals surface area (Å²) in [7, 11) is 1.07. The van der Waals surface area contributed by atoms with E-state index >= 15 is 0 Å². The Balaban J connectivity index is 1.89. The van der Waals surface area contributed by atoms with Gasteiger partial charge in [0.2, 0.25) is 11.1 Å². The van der Waals surface area contributed by atoms with Gasteiger partial charge in [-0.1, -0.05) is 11.8 Å². The number of carbonyl (C=O) groups is 2. The van der Waals surface area contributed by atoms with Crippen LogP contribution in [-0.2, 0) is 16.0 Å². The molecule has 0 radical (unpaired) electrons. The van der Waals surface area contributed by atoms with Gasteiger partial charge in [-0.3, -0.25) is 4.79 Å². The van der Waals surface area contributed by atoms with Crippen molar-refractivity contribution < 1.29 is 23.1 Å². The van der Waals surface area contributed by atoms with E-state index in [1.54, 1.807) is 13.8 Å². The van der Waals surface area contributed by atoms with E-state index in [4.69, 9.17) is 0 Å². The number of carbonyl (C=O) groups excluding carboxylic acids is 2. The number of fused-ring (bicyclic) bond motifs is 1. The van der Waals surface area contributed by atoms with E-state index in [1.165, 1.54) is 16.3 Å². The van der Waals surface area contributed by atoms with E-state index in [-0.39, 0.29) is 12.1 Å². The van der Waals surface area contributed by atoms with Crippen LogP contribution in [0, 0.1) is 25.5 Å². The number of nitrogens with one attached hydrogen (secondary N) is 1. The Kier molecular flexibility index (Phi) is 5.78. The fourth-order valence-corrected chi connectivity index (χ4v) is 3.13. The van der Waals surface area contributed by atoms with Crippen molar-refractivity contribution in [1.82, 2.24) is 19.6 Å². The van der Waals surface area contributed by atoms with E-state index in [0.29, 0.717) is 34.0 Å². The molecule has 1 aromatic carbocycles. The summed E-state index contributed by atoms with van der Waals surface area (Å²) < 4.78 is 33.8. The average molecular weight is 421 g/mol. The molecule has 1 N–H and O–H groups in total. The number of benzene rings is 1. The van der Waals surface area contributed by atoms with Crippen molar-refractivity contribution in [3.63, 3.8) is 0 Å². The first kappa shape index (κ1) is 20.6. The summed E-state index contributed by atoms with van der Waals surface area (Å²) in [6, 6.07) is 1.42. The second-order valence-corrected chi connectivity index (χ2v) is 6.87. The number of aromatic nitrogens is 4. The Hall–Kier alpha value is -3.08. The number of methoxy groups -OCH3 is 1. The number of halogens is 2. The Bertz CT molecular complexity index is 1130. The fourth-order valence-electron chi connectivity index (χ4n) is 2.80. The molecular weight excluding hydrogens is 404 g/mol. The molecular formula is C18H17F2N5O3S. The van der Waals surface area contributed by atoms with Gasteiger partial charge in [-0.15, -0.1) is 5.10 Å². The molecule has 0 aliphatic carbocycles.